The third-order valence-corrected chi connectivity index (χ3v) is 4.97. The predicted molar refractivity (Wildman–Crippen MR) is 108 cm³/mol. The lowest BCUT2D eigenvalue weighted by Crippen LogP contribution is -2.53. The largest absolute Gasteiger partial charge is 0.548 e. The fourth-order valence-corrected chi connectivity index (χ4v) is 3.55. The van der Waals surface area contributed by atoms with Crippen LogP contribution >= 0.6 is 0 Å². The Bertz CT molecular complexity index is 1100. The normalized spacial score (nSPS) is 13.7. The van der Waals surface area contributed by atoms with Gasteiger partial charge in [-0.05, 0) is 17.7 Å². The number of rotatable bonds is 6. The first-order valence-corrected chi connectivity index (χ1v) is 9.57. The van der Waals surface area contributed by atoms with E-state index >= 15 is 0 Å². The third-order valence-electron chi connectivity index (χ3n) is 4.97. The number of nitrogens with one attached hydrogen (secondary N) is 2. The number of aromatic nitrogens is 2. The Hall–Kier alpha value is -3.88. The molecule has 2 aromatic carbocycles. The summed E-state index contributed by atoms with van der Waals surface area (Å²) in [6.45, 7) is 0.403. The second kappa shape index (κ2) is 8.24. The molecule has 0 saturated carbocycles. The first-order valence-electron chi connectivity index (χ1n) is 9.57. The van der Waals surface area contributed by atoms with Crippen molar-refractivity contribution in [1.29, 1.82) is 0 Å². The lowest BCUT2D eigenvalue weighted by atomic mass is 10.1. The van der Waals surface area contributed by atoms with Gasteiger partial charge in [0.05, 0.1) is 23.5 Å². The number of amides is 3. The van der Waals surface area contributed by atoms with Crippen LogP contribution in [0.4, 0.5) is 10.7 Å². The van der Waals surface area contributed by atoms with Gasteiger partial charge in [-0.25, -0.2) is 9.78 Å². The molecule has 9 heteroatoms. The number of urea groups is 1. The van der Waals surface area contributed by atoms with Crippen LogP contribution in [-0.4, -0.2) is 46.6 Å². The number of anilines is 1. The van der Waals surface area contributed by atoms with E-state index in [1.54, 1.807) is 0 Å². The van der Waals surface area contributed by atoms with Crippen molar-refractivity contribution in [2.45, 2.75) is 19.0 Å². The lowest BCUT2D eigenvalue weighted by molar-refractivity contribution is -0.304. The molecule has 1 aromatic heterocycles. The zero-order chi connectivity index (χ0) is 21.1. The highest BCUT2D eigenvalue weighted by atomic mass is 16.4. The third kappa shape index (κ3) is 3.95. The van der Waals surface area contributed by atoms with Gasteiger partial charge < -0.3 is 25.1 Å². The van der Waals surface area contributed by atoms with E-state index in [0.29, 0.717) is 19.0 Å². The number of para-hydroxylation sites is 2. The number of nitrogens with zero attached hydrogens (tertiary/aromatic N) is 3. The molecule has 154 valence electrons. The molecular weight excluding hydrogens is 386 g/mol. The molecule has 2 heterocycles. The molecule has 0 unspecified atom stereocenters. The quantitative estimate of drug-likeness (QED) is 0.599. The Morgan fingerprint density at radius 2 is 1.77 bits per heavy atom. The molecular formula is C21H20N5O4-. The molecule has 4 rings (SSSR count). The minimum absolute atomic E-state index is 0.218. The SMILES string of the molecule is O=C([O-])CNC(=O)[C@H](Cc1ccccc1)NC(=O)N1CCn2c1nc1ccccc12. The van der Waals surface area contributed by atoms with E-state index in [-0.39, 0.29) is 6.42 Å². The number of hydrogen-bond acceptors (Lipinski definition) is 5. The molecule has 0 saturated heterocycles. The van der Waals surface area contributed by atoms with Gasteiger partial charge in [-0.2, -0.15) is 0 Å². The van der Waals surface area contributed by atoms with E-state index in [9.17, 15) is 19.5 Å². The summed E-state index contributed by atoms with van der Waals surface area (Å²) in [5.41, 5.74) is 2.56. The van der Waals surface area contributed by atoms with Crippen LogP contribution in [0.15, 0.2) is 54.6 Å². The summed E-state index contributed by atoms with van der Waals surface area (Å²) in [6, 6.07) is 15.4. The van der Waals surface area contributed by atoms with Crippen molar-refractivity contribution in [2.75, 3.05) is 18.0 Å². The summed E-state index contributed by atoms with van der Waals surface area (Å²) in [6.07, 6.45) is 0.218. The Morgan fingerprint density at radius 1 is 1.03 bits per heavy atom. The maximum Gasteiger partial charge on any atom is 0.324 e. The number of carbonyl (C=O) groups is 3. The van der Waals surface area contributed by atoms with Crippen LogP contribution < -0.4 is 20.6 Å². The molecule has 0 bridgehead atoms. The molecule has 1 aliphatic rings. The van der Waals surface area contributed by atoms with Gasteiger partial charge in [-0.1, -0.05) is 42.5 Å². The summed E-state index contributed by atoms with van der Waals surface area (Å²) in [5, 5.41) is 15.7. The second-order valence-electron chi connectivity index (χ2n) is 6.99. The van der Waals surface area contributed by atoms with Crippen LogP contribution in [0.5, 0.6) is 0 Å². The van der Waals surface area contributed by atoms with Gasteiger partial charge in [0.25, 0.3) is 0 Å². The standard InChI is InChI=1S/C21H21N5O4/c27-18(28)13-22-19(29)16(12-14-6-2-1-3-7-14)24-21(30)26-11-10-25-17-9-5-4-8-15(17)23-20(25)26/h1-9,16H,10-13H2,(H,22,29)(H,24,30)(H,27,28)/p-1/t16-/m0/s1. The average molecular weight is 406 g/mol. The fourth-order valence-electron chi connectivity index (χ4n) is 3.55. The van der Waals surface area contributed by atoms with Crippen molar-refractivity contribution in [1.82, 2.24) is 20.2 Å². The molecule has 0 aliphatic carbocycles. The van der Waals surface area contributed by atoms with E-state index in [2.05, 4.69) is 15.6 Å². The van der Waals surface area contributed by atoms with E-state index in [4.69, 9.17) is 0 Å². The van der Waals surface area contributed by atoms with Crippen molar-refractivity contribution in [3.8, 4) is 0 Å². The minimum Gasteiger partial charge on any atom is -0.548 e. The van der Waals surface area contributed by atoms with Crippen LogP contribution in [0, 0.1) is 0 Å². The average Bonchev–Trinajstić information content (AvgIpc) is 3.31. The number of imidazole rings is 1. The highest BCUT2D eigenvalue weighted by Gasteiger charge is 2.31. The fraction of sp³-hybridized carbons (Fsp3) is 0.238. The summed E-state index contributed by atoms with van der Waals surface area (Å²) < 4.78 is 1.96. The molecule has 0 spiro atoms. The van der Waals surface area contributed by atoms with Crippen molar-refractivity contribution < 1.29 is 19.5 Å². The van der Waals surface area contributed by atoms with Gasteiger partial charge in [0, 0.05) is 19.5 Å². The first kappa shape index (κ1) is 19.4. The summed E-state index contributed by atoms with van der Waals surface area (Å²) in [4.78, 5) is 42.2. The Morgan fingerprint density at radius 3 is 2.53 bits per heavy atom. The maximum atomic E-state index is 13.0. The van der Waals surface area contributed by atoms with Crippen LogP contribution in [0.1, 0.15) is 5.56 Å². The highest BCUT2D eigenvalue weighted by Crippen LogP contribution is 2.27. The molecule has 0 radical (unpaired) electrons. The van der Waals surface area contributed by atoms with Crippen molar-refractivity contribution in [3.63, 3.8) is 0 Å². The first-order chi connectivity index (χ1) is 14.5. The summed E-state index contributed by atoms with van der Waals surface area (Å²) in [7, 11) is 0. The van der Waals surface area contributed by atoms with Gasteiger partial charge in [0.15, 0.2) is 0 Å². The van der Waals surface area contributed by atoms with E-state index in [1.807, 2.05) is 59.2 Å². The molecule has 3 amide bonds. The van der Waals surface area contributed by atoms with Gasteiger partial charge in [0.1, 0.15) is 6.04 Å². The zero-order valence-electron chi connectivity index (χ0n) is 16.1. The van der Waals surface area contributed by atoms with Gasteiger partial charge in [-0.3, -0.25) is 9.69 Å². The van der Waals surface area contributed by atoms with Crippen LogP contribution in [-0.2, 0) is 22.6 Å². The number of benzene rings is 2. The van der Waals surface area contributed by atoms with Crippen LogP contribution in [0.3, 0.4) is 0 Å². The molecule has 1 aliphatic heterocycles. The molecule has 0 fully saturated rings. The van der Waals surface area contributed by atoms with E-state index < -0.39 is 30.5 Å². The zero-order valence-corrected chi connectivity index (χ0v) is 16.1. The van der Waals surface area contributed by atoms with E-state index in [1.165, 1.54) is 4.90 Å². The number of carboxylic acids is 1. The smallest absolute Gasteiger partial charge is 0.324 e. The monoisotopic (exact) mass is 406 g/mol. The predicted octanol–water partition coefficient (Wildman–Crippen LogP) is 0.0433. The van der Waals surface area contributed by atoms with Gasteiger partial charge >= 0.3 is 6.03 Å². The van der Waals surface area contributed by atoms with Crippen molar-refractivity contribution in [3.05, 3.63) is 60.2 Å². The number of fused-ring (bicyclic) bond motifs is 3. The Kier molecular flexibility index (Phi) is 5.34. The second-order valence-corrected chi connectivity index (χ2v) is 6.99. The number of aliphatic carboxylic acids is 1. The molecule has 3 aromatic rings. The number of hydrogen-bond donors (Lipinski definition) is 2. The van der Waals surface area contributed by atoms with E-state index in [0.717, 1.165) is 16.6 Å². The van der Waals surface area contributed by atoms with Crippen LogP contribution in [0.25, 0.3) is 11.0 Å². The molecule has 1 atom stereocenters. The molecule has 2 N–H and O–H groups in total. The molecule has 9 nitrogen and oxygen atoms in total. The molecule has 30 heavy (non-hydrogen) atoms. The Labute approximate surface area is 172 Å². The van der Waals surface area contributed by atoms with Crippen LogP contribution in [0.2, 0.25) is 0 Å². The van der Waals surface area contributed by atoms with Crippen molar-refractivity contribution >= 4 is 34.9 Å². The number of carboxylic acid groups (broad SMARTS) is 1. The minimum atomic E-state index is -1.40. The van der Waals surface area contributed by atoms with Crippen molar-refractivity contribution in [2.24, 2.45) is 0 Å². The Balaban J connectivity index is 1.53. The topological polar surface area (TPSA) is 119 Å². The number of carbonyl (C=O) groups excluding carboxylic acids is 3. The van der Waals surface area contributed by atoms with Gasteiger partial charge in [0.2, 0.25) is 11.9 Å². The summed E-state index contributed by atoms with van der Waals surface area (Å²) >= 11 is 0. The maximum absolute atomic E-state index is 13.0. The van der Waals surface area contributed by atoms with Gasteiger partial charge in [-0.15, -0.1) is 0 Å². The summed E-state index contributed by atoms with van der Waals surface area (Å²) in [5.74, 6) is -1.48. The lowest BCUT2D eigenvalue weighted by Gasteiger charge is -2.22. The highest BCUT2D eigenvalue weighted by molar-refractivity contribution is 5.97.